The number of nitrogens with one attached hydrogen (secondary N) is 1. The summed E-state index contributed by atoms with van der Waals surface area (Å²) >= 11 is 15.6. The topological polar surface area (TPSA) is 193 Å². The number of nitrogens with two attached hydrogens (primary N) is 3. The molecule has 0 radical (unpaired) electrons. The van der Waals surface area contributed by atoms with Gasteiger partial charge in [0.1, 0.15) is 0 Å². The van der Waals surface area contributed by atoms with Gasteiger partial charge < -0.3 is 22.5 Å². The van der Waals surface area contributed by atoms with Crippen molar-refractivity contribution in [2.75, 3.05) is 0 Å². The minimum absolute atomic E-state index is 0.00725. The SMILES string of the molecule is CC(=O)c1cc(C(C)=O)cc(C(=O)NCc2cccc(CN)c2)c1.NCc1cccc(CN)c1.O=C(Cl)c1cc(C(=O)Cl)cc(C(=O)Cl)c1. The minimum atomic E-state index is -0.797. The van der Waals surface area contributed by atoms with E-state index >= 15 is 0 Å². The van der Waals surface area contributed by atoms with Crippen LogP contribution in [0.15, 0.2) is 84.9 Å². The normalized spacial score (nSPS) is 10.0. The van der Waals surface area contributed by atoms with Gasteiger partial charge in [0, 0.05) is 59.6 Å². The number of benzene rings is 4. The van der Waals surface area contributed by atoms with Crippen molar-refractivity contribution in [3.05, 3.63) is 141 Å². The first-order valence-electron chi connectivity index (χ1n) is 14.6. The highest BCUT2D eigenvalue weighted by Gasteiger charge is 2.14. The monoisotopic (exact) mass is 724 g/mol. The lowest BCUT2D eigenvalue weighted by molar-refractivity contribution is 0.0949. The molecule has 49 heavy (non-hydrogen) atoms. The third-order valence-corrected chi connectivity index (χ3v) is 7.42. The fraction of sp³-hybridized carbons (Fsp3) is 0.167. The first-order chi connectivity index (χ1) is 23.2. The molecule has 4 aromatic carbocycles. The van der Waals surface area contributed by atoms with Crippen LogP contribution in [0.25, 0.3) is 0 Å². The Morgan fingerprint density at radius 3 is 1.12 bits per heavy atom. The fourth-order valence-electron chi connectivity index (χ4n) is 4.17. The molecule has 256 valence electrons. The molecule has 0 aromatic heterocycles. The van der Waals surface area contributed by atoms with E-state index < -0.39 is 15.7 Å². The number of rotatable bonds is 11. The van der Waals surface area contributed by atoms with E-state index in [1.807, 2.05) is 48.5 Å². The molecule has 0 saturated carbocycles. The highest BCUT2D eigenvalue weighted by atomic mass is 35.5. The molecule has 0 unspecified atom stereocenters. The van der Waals surface area contributed by atoms with Crippen LogP contribution in [0.4, 0.5) is 0 Å². The van der Waals surface area contributed by atoms with Crippen LogP contribution in [0, 0.1) is 0 Å². The maximum Gasteiger partial charge on any atom is 0.252 e. The number of Topliss-reactive ketones (excluding diaryl/α,β-unsaturated/α-hetero) is 2. The highest BCUT2D eigenvalue weighted by molar-refractivity contribution is 6.70. The van der Waals surface area contributed by atoms with Crippen LogP contribution in [0.1, 0.15) is 98.2 Å². The lowest BCUT2D eigenvalue weighted by Crippen LogP contribution is -2.23. The maximum atomic E-state index is 12.4. The van der Waals surface area contributed by atoms with Gasteiger partial charge in [-0.15, -0.1) is 0 Å². The summed E-state index contributed by atoms with van der Waals surface area (Å²) in [4.78, 5) is 68.1. The van der Waals surface area contributed by atoms with Crippen LogP contribution >= 0.6 is 34.8 Å². The number of carbonyl (C=O) groups excluding carboxylic acids is 6. The smallest absolute Gasteiger partial charge is 0.252 e. The Morgan fingerprint density at radius 1 is 0.490 bits per heavy atom. The van der Waals surface area contributed by atoms with Crippen molar-refractivity contribution in [1.82, 2.24) is 5.32 Å². The van der Waals surface area contributed by atoms with E-state index in [1.54, 1.807) is 0 Å². The van der Waals surface area contributed by atoms with E-state index in [9.17, 15) is 28.8 Å². The second kappa shape index (κ2) is 20.1. The average Bonchev–Trinajstić information content (AvgIpc) is 3.10. The third-order valence-electron chi connectivity index (χ3n) is 6.77. The van der Waals surface area contributed by atoms with E-state index in [2.05, 4.69) is 5.32 Å². The van der Waals surface area contributed by atoms with Crippen LogP contribution in [-0.4, -0.2) is 33.2 Å². The van der Waals surface area contributed by atoms with Gasteiger partial charge in [0.15, 0.2) is 11.6 Å². The summed E-state index contributed by atoms with van der Waals surface area (Å²) in [7, 11) is 0. The predicted octanol–water partition coefficient (Wildman–Crippen LogP) is 5.91. The second-order valence-electron chi connectivity index (χ2n) is 10.5. The summed E-state index contributed by atoms with van der Waals surface area (Å²) in [6, 6.07) is 23.7. The molecule has 1 amide bonds. The van der Waals surface area contributed by atoms with Gasteiger partial charge in [-0.3, -0.25) is 28.8 Å². The summed E-state index contributed by atoms with van der Waals surface area (Å²) in [5, 5.41) is 0.405. The Balaban J connectivity index is 0.000000283. The van der Waals surface area contributed by atoms with Gasteiger partial charge in [0.05, 0.1) is 0 Å². The molecule has 0 atom stereocenters. The average molecular weight is 726 g/mol. The van der Waals surface area contributed by atoms with Gasteiger partial charge in [-0.05, 0) is 107 Å². The zero-order chi connectivity index (χ0) is 36.7. The lowest BCUT2D eigenvalue weighted by atomic mass is 10.0. The molecule has 0 spiro atoms. The zero-order valence-corrected chi connectivity index (χ0v) is 29.0. The van der Waals surface area contributed by atoms with Crippen molar-refractivity contribution in [3.63, 3.8) is 0 Å². The summed E-state index contributed by atoms with van der Waals surface area (Å²) in [5.74, 6) is -0.718. The van der Waals surface area contributed by atoms with Gasteiger partial charge in [-0.1, -0.05) is 48.5 Å². The summed E-state index contributed by atoms with van der Waals surface area (Å²) in [6.45, 7) is 4.76. The molecule has 0 fully saturated rings. The highest BCUT2D eigenvalue weighted by Crippen LogP contribution is 2.16. The Bertz CT molecular complexity index is 1730. The van der Waals surface area contributed by atoms with Gasteiger partial charge in [-0.2, -0.15) is 0 Å². The van der Waals surface area contributed by atoms with Crippen molar-refractivity contribution in [2.45, 2.75) is 40.0 Å². The Hall–Kier alpha value is -4.55. The van der Waals surface area contributed by atoms with E-state index in [-0.39, 0.29) is 34.2 Å². The molecule has 0 aliphatic heterocycles. The molecule has 7 N–H and O–H groups in total. The molecule has 0 heterocycles. The first-order valence-corrected chi connectivity index (χ1v) is 15.8. The molecule has 4 aromatic rings. The fourth-order valence-corrected chi connectivity index (χ4v) is 4.50. The van der Waals surface area contributed by atoms with Crippen molar-refractivity contribution in [3.8, 4) is 0 Å². The minimum Gasteiger partial charge on any atom is -0.348 e. The molecule has 4 rings (SSSR count). The van der Waals surface area contributed by atoms with Gasteiger partial charge in [0.2, 0.25) is 0 Å². The predicted molar refractivity (Wildman–Crippen MR) is 191 cm³/mol. The molecule has 10 nitrogen and oxygen atoms in total. The van der Waals surface area contributed by atoms with Crippen LogP contribution in [-0.2, 0) is 26.2 Å². The van der Waals surface area contributed by atoms with E-state index in [1.165, 1.54) is 50.2 Å². The Labute approximate surface area is 298 Å². The van der Waals surface area contributed by atoms with E-state index in [4.69, 9.17) is 52.0 Å². The Morgan fingerprint density at radius 2 is 0.796 bits per heavy atom. The molecule has 0 aliphatic carbocycles. The molecular weight excluding hydrogens is 691 g/mol. The zero-order valence-electron chi connectivity index (χ0n) is 26.7. The van der Waals surface area contributed by atoms with E-state index in [0.29, 0.717) is 42.9 Å². The largest absolute Gasteiger partial charge is 0.348 e. The van der Waals surface area contributed by atoms with Crippen molar-refractivity contribution < 1.29 is 28.8 Å². The molecule has 0 saturated heterocycles. The number of halogens is 3. The van der Waals surface area contributed by atoms with Gasteiger partial charge in [-0.25, -0.2) is 0 Å². The van der Waals surface area contributed by atoms with Crippen LogP contribution in [0.3, 0.4) is 0 Å². The number of carbonyl (C=O) groups is 6. The van der Waals surface area contributed by atoms with Crippen LogP contribution in [0.5, 0.6) is 0 Å². The first kappa shape index (κ1) is 40.6. The van der Waals surface area contributed by atoms with E-state index in [0.717, 1.165) is 22.3 Å². The number of hydrogen-bond donors (Lipinski definition) is 4. The molecule has 0 aliphatic rings. The van der Waals surface area contributed by atoms with Gasteiger partial charge in [0.25, 0.3) is 21.6 Å². The number of hydrogen-bond acceptors (Lipinski definition) is 9. The second-order valence-corrected chi connectivity index (χ2v) is 11.5. The molecular formula is C36H35Cl3N4O6. The van der Waals surface area contributed by atoms with Crippen molar-refractivity contribution in [2.24, 2.45) is 17.2 Å². The van der Waals surface area contributed by atoms with Crippen molar-refractivity contribution >= 4 is 68.0 Å². The molecule has 0 bridgehead atoms. The number of ketones is 2. The van der Waals surface area contributed by atoms with Crippen molar-refractivity contribution in [1.29, 1.82) is 0 Å². The van der Waals surface area contributed by atoms with Crippen LogP contribution in [0.2, 0.25) is 0 Å². The third kappa shape index (κ3) is 13.5. The summed E-state index contributed by atoms with van der Waals surface area (Å²) < 4.78 is 0. The standard InChI is InChI=1S/C19H20N2O3.C9H3Cl3O3.C8H12N2/c1-12(22)16-7-17(13(2)23)9-18(8-16)19(24)21-11-15-5-3-4-14(6-15)10-20;10-7(13)4-1-5(8(11)14)3-6(2-4)9(12)15;9-5-7-2-1-3-8(4-7)6-10/h3-9H,10-11,20H2,1-2H3,(H,21,24);1-3H;1-4H,5-6,9-10H2. The number of amides is 1. The maximum absolute atomic E-state index is 12.4. The summed E-state index contributed by atoms with van der Waals surface area (Å²) in [5.41, 5.74) is 21.6. The summed E-state index contributed by atoms with van der Waals surface area (Å²) in [6.07, 6.45) is 0. The quantitative estimate of drug-likeness (QED) is 0.108. The molecule has 13 heteroatoms. The lowest BCUT2D eigenvalue weighted by Gasteiger charge is -2.09. The Kier molecular flexibility index (Phi) is 16.6. The van der Waals surface area contributed by atoms with Crippen LogP contribution < -0.4 is 22.5 Å². The van der Waals surface area contributed by atoms with Gasteiger partial charge >= 0.3 is 0 Å².